The number of rotatable bonds is 5. The number of carbonyl (C=O) groups is 1. The van der Waals surface area contributed by atoms with Crippen LogP contribution in [0.3, 0.4) is 0 Å². The largest absolute Gasteiger partial charge is 0.364 e. The molecule has 26 heavy (non-hydrogen) atoms. The lowest BCUT2D eigenvalue weighted by Crippen LogP contribution is -2.39. The van der Waals surface area contributed by atoms with Gasteiger partial charge in [0.25, 0.3) is 5.91 Å². The summed E-state index contributed by atoms with van der Waals surface area (Å²) >= 11 is 0. The SMILES string of the molecule is N#C[C@@H]1CCCN(C(=O)c2cccc(S(=O)(=O)NCc3ccon3)c2)C1. The Kier molecular flexibility index (Phi) is 5.35. The Morgan fingerprint density at radius 3 is 3.00 bits per heavy atom. The van der Waals surface area contributed by atoms with E-state index in [2.05, 4.69) is 20.5 Å². The molecule has 1 atom stereocenters. The van der Waals surface area contributed by atoms with Crippen molar-refractivity contribution < 1.29 is 17.7 Å². The molecule has 8 nitrogen and oxygen atoms in total. The van der Waals surface area contributed by atoms with E-state index in [1.807, 2.05) is 0 Å². The van der Waals surface area contributed by atoms with Gasteiger partial charge in [-0.05, 0) is 31.0 Å². The number of hydrogen-bond donors (Lipinski definition) is 1. The summed E-state index contributed by atoms with van der Waals surface area (Å²) < 4.78 is 32.0. The smallest absolute Gasteiger partial charge is 0.253 e. The van der Waals surface area contributed by atoms with Gasteiger partial charge in [-0.1, -0.05) is 11.2 Å². The van der Waals surface area contributed by atoms with Crippen molar-refractivity contribution in [3.05, 3.63) is 47.9 Å². The lowest BCUT2D eigenvalue weighted by Gasteiger charge is -2.29. The molecule has 2 aromatic rings. The molecule has 1 amide bonds. The van der Waals surface area contributed by atoms with Gasteiger partial charge in [0.05, 0.1) is 29.1 Å². The minimum Gasteiger partial charge on any atom is -0.364 e. The zero-order valence-electron chi connectivity index (χ0n) is 14.0. The maximum Gasteiger partial charge on any atom is 0.253 e. The number of nitrogens with zero attached hydrogens (tertiary/aromatic N) is 3. The van der Waals surface area contributed by atoms with Crippen molar-refractivity contribution in [2.75, 3.05) is 13.1 Å². The van der Waals surface area contributed by atoms with Gasteiger partial charge in [-0.2, -0.15) is 5.26 Å². The molecular formula is C17H18N4O4S. The van der Waals surface area contributed by atoms with Crippen LogP contribution in [-0.2, 0) is 16.6 Å². The highest BCUT2D eigenvalue weighted by molar-refractivity contribution is 7.89. The molecule has 9 heteroatoms. The lowest BCUT2D eigenvalue weighted by molar-refractivity contribution is 0.0698. The summed E-state index contributed by atoms with van der Waals surface area (Å²) in [6.07, 6.45) is 2.90. The summed E-state index contributed by atoms with van der Waals surface area (Å²) in [5, 5.41) is 12.7. The molecular weight excluding hydrogens is 356 g/mol. The van der Waals surface area contributed by atoms with Crippen LogP contribution < -0.4 is 4.72 Å². The number of aromatic nitrogens is 1. The van der Waals surface area contributed by atoms with Crippen molar-refractivity contribution in [1.29, 1.82) is 5.26 Å². The Labute approximate surface area is 151 Å². The van der Waals surface area contributed by atoms with Crippen LogP contribution in [0.15, 0.2) is 46.0 Å². The van der Waals surface area contributed by atoms with Gasteiger partial charge < -0.3 is 9.42 Å². The summed E-state index contributed by atoms with van der Waals surface area (Å²) in [6.45, 7) is 0.933. The average Bonchev–Trinajstić information content (AvgIpc) is 3.20. The van der Waals surface area contributed by atoms with Crippen LogP contribution >= 0.6 is 0 Å². The van der Waals surface area contributed by atoms with Gasteiger partial charge in [0.1, 0.15) is 6.26 Å². The third kappa shape index (κ3) is 4.09. The number of nitriles is 1. The molecule has 0 bridgehead atoms. The van der Waals surface area contributed by atoms with Gasteiger partial charge in [0, 0.05) is 24.7 Å². The third-order valence-corrected chi connectivity index (χ3v) is 5.62. The molecule has 1 aromatic carbocycles. The molecule has 3 rings (SSSR count). The number of piperidine rings is 1. The second-order valence-electron chi connectivity index (χ2n) is 6.06. The summed E-state index contributed by atoms with van der Waals surface area (Å²) in [4.78, 5) is 14.3. The van der Waals surface area contributed by atoms with E-state index in [0.717, 1.165) is 12.8 Å². The number of likely N-dealkylation sites (tertiary alicyclic amines) is 1. The predicted molar refractivity (Wildman–Crippen MR) is 91.2 cm³/mol. The molecule has 1 fully saturated rings. The Hall–Kier alpha value is -2.70. The van der Waals surface area contributed by atoms with E-state index in [4.69, 9.17) is 5.26 Å². The van der Waals surface area contributed by atoms with Gasteiger partial charge >= 0.3 is 0 Å². The maximum absolute atomic E-state index is 12.7. The van der Waals surface area contributed by atoms with Gasteiger partial charge in [-0.3, -0.25) is 4.79 Å². The highest BCUT2D eigenvalue weighted by Gasteiger charge is 2.25. The van der Waals surface area contributed by atoms with E-state index in [1.165, 1.54) is 24.5 Å². The van der Waals surface area contributed by atoms with Crippen LogP contribution in [-0.4, -0.2) is 37.5 Å². The minimum absolute atomic E-state index is 0.000637. The average molecular weight is 374 g/mol. The quantitative estimate of drug-likeness (QED) is 0.848. The Bertz CT molecular complexity index is 918. The first-order valence-electron chi connectivity index (χ1n) is 8.17. The maximum atomic E-state index is 12.7. The van der Waals surface area contributed by atoms with Crippen molar-refractivity contribution in [2.45, 2.75) is 24.3 Å². The van der Waals surface area contributed by atoms with Crippen molar-refractivity contribution in [1.82, 2.24) is 14.8 Å². The molecule has 1 aliphatic rings. The Morgan fingerprint density at radius 2 is 2.27 bits per heavy atom. The van der Waals surface area contributed by atoms with Crippen LogP contribution in [0.5, 0.6) is 0 Å². The minimum atomic E-state index is -3.79. The Balaban J connectivity index is 1.75. The fourth-order valence-electron chi connectivity index (χ4n) is 2.83. The topological polar surface area (TPSA) is 116 Å². The van der Waals surface area contributed by atoms with Crippen LogP contribution in [0.1, 0.15) is 28.9 Å². The zero-order valence-corrected chi connectivity index (χ0v) is 14.8. The highest BCUT2D eigenvalue weighted by Crippen LogP contribution is 2.19. The van der Waals surface area contributed by atoms with E-state index < -0.39 is 10.0 Å². The second kappa shape index (κ2) is 7.68. The zero-order chi connectivity index (χ0) is 18.6. The third-order valence-electron chi connectivity index (χ3n) is 4.22. The summed E-state index contributed by atoms with van der Waals surface area (Å²) in [5.74, 6) is -0.442. The van der Waals surface area contributed by atoms with E-state index in [9.17, 15) is 13.2 Å². The number of amides is 1. The molecule has 0 unspecified atom stereocenters. The van der Waals surface area contributed by atoms with E-state index in [0.29, 0.717) is 18.8 Å². The molecule has 2 heterocycles. The lowest BCUT2D eigenvalue weighted by atomic mass is 9.99. The first-order chi connectivity index (χ1) is 12.5. The molecule has 0 aliphatic carbocycles. The molecule has 0 spiro atoms. The number of carbonyl (C=O) groups excluding carboxylic acids is 1. The first kappa shape index (κ1) is 18.1. The molecule has 1 saturated heterocycles. The molecule has 0 saturated carbocycles. The number of benzene rings is 1. The van der Waals surface area contributed by atoms with E-state index in [1.54, 1.807) is 17.0 Å². The van der Waals surface area contributed by atoms with Gasteiger partial charge in [0.2, 0.25) is 10.0 Å². The Morgan fingerprint density at radius 1 is 1.42 bits per heavy atom. The van der Waals surface area contributed by atoms with Crippen LogP contribution in [0.4, 0.5) is 0 Å². The molecule has 1 aromatic heterocycles. The number of sulfonamides is 1. The van der Waals surface area contributed by atoms with Crippen LogP contribution in [0.25, 0.3) is 0 Å². The summed E-state index contributed by atoms with van der Waals surface area (Å²) in [6, 6.07) is 9.64. The van der Waals surface area contributed by atoms with Gasteiger partial charge in [-0.15, -0.1) is 0 Å². The number of hydrogen-bond acceptors (Lipinski definition) is 6. The van der Waals surface area contributed by atoms with Crippen molar-refractivity contribution >= 4 is 15.9 Å². The highest BCUT2D eigenvalue weighted by atomic mass is 32.2. The fraction of sp³-hybridized carbons (Fsp3) is 0.353. The molecule has 1 N–H and O–H groups in total. The monoisotopic (exact) mass is 374 g/mol. The standard InChI is InChI=1S/C17H18N4O4S/c18-10-13-3-2-7-21(12-13)17(22)14-4-1-5-16(9-14)26(23,24)19-11-15-6-8-25-20-15/h1,4-6,8-9,13,19H,2-3,7,11-12H2/t13-/m0/s1. The normalized spacial score (nSPS) is 17.7. The summed E-state index contributed by atoms with van der Waals surface area (Å²) in [7, 11) is -3.79. The molecule has 0 radical (unpaired) electrons. The number of nitrogens with one attached hydrogen (secondary N) is 1. The van der Waals surface area contributed by atoms with Crippen LogP contribution in [0, 0.1) is 17.2 Å². The van der Waals surface area contributed by atoms with E-state index >= 15 is 0 Å². The van der Waals surface area contributed by atoms with Crippen molar-refractivity contribution in [3.63, 3.8) is 0 Å². The van der Waals surface area contributed by atoms with E-state index in [-0.39, 0.29) is 28.8 Å². The molecule has 1 aliphatic heterocycles. The summed E-state index contributed by atoms with van der Waals surface area (Å²) in [5.41, 5.74) is 0.740. The first-order valence-corrected chi connectivity index (χ1v) is 9.66. The van der Waals surface area contributed by atoms with Crippen LogP contribution in [0.2, 0.25) is 0 Å². The predicted octanol–water partition coefficient (Wildman–Crippen LogP) is 1.53. The van der Waals surface area contributed by atoms with Crippen molar-refractivity contribution in [2.24, 2.45) is 5.92 Å². The fourth-order valence-corrected chi connectivity index (χ4v) is 3.87. The second-order valence-corrected chi connectivity index (χ2v) is 7.83. The van der Waals surface area contributed by atoms with Gasteiger partial charge in [-0.25, -0.2) is 13.1 Å². The van der Waals surface area contributed by atoms with Crippen molar-refractivity contribution in [3.8, 4) is 6.07 Å². The van der Waals surface area contributed by atoms with Gasteiger partial charge in [0.15, 0.2) is 0 Å². The molecule has 136 valence electrons.